The molecule has 0 saturated heterocycles. The third-order valence-corrected chi connectivity index (χ3v) is 3.87. The Kier molecular flexibility index (Phi) is 3.50. The molecule has 3 rings (SSSR count). The fourth-order valence-electron chi connectivity index (χ4n) is 1.54. The lowest BCUT2D eigenvalue weighted by molar-refractivity contribution is 0.468. The summed E-state index contributed by atoms with van der Waals surface area (Å²) in [6.07, 6.45) is 0. The van der Waals surface area contributed by atoms with Crippen LogP contribution in [-0.4, -0.2) is 9.97 Å². The Morgan fingerprint density at radius 1 is 1.05 bits per heavy atom. The van der Waals surface area contributed by atoms with Gasteiger partial charge in [-0.3, -0.25) is 0 Å². The molecule has 0 atom stereocenters. The Bertz CT molecular complexity index is 760. The van der Waals surface area contributed by atoms with Crippen molar-refractivity contribution in [3.8, 4) is 11.6 Å². The molecule has 0 amide bonds. The number of nitrogens with zero attached hydrogens (tertiary/aromatic N) is 2. The summed E-state index contributed by atoms with van der Waals surface area (Å²) in [6.45, 7) is 0. The van der Waals surface area contributed by atoms with Gasteiger partial charge in [0.05, 0.1) is 10.4 Å². The molecule has 0 N–H and O–H groups in total. The first-order chi connectivity index (χ1) is 9.13. The van der Waals surface area contributed by atoms with Gasteiger partial charge in [0.1, 0.15) is 10.6 Å². The smallest absolute Gasteiger partial charge is 0.232 e. The summed E-state index contributed by atoms with van der Waals surface area (Å²) in [6, 6.07) is 6.84. The fourth-order valence-corrected chi connectivity index (χ4v) is 2.96. The number of benzene rings is 1. The van der Waals surface area contributed by atoms with Crippen LogP contribution in [0, 0.1) is 0 Å². The molecule has 96 valence electrons. The molecular formula is C12H5Cl3N2OS. The highest BCUT2D eigenvalue weighted by Crippen LogP contribution is 2.35. The van der Waals surface area contributed by atoms with Crippen LogP contribution in [0.2, 0.25) is 15.3 Å². The van der Waals surface area contributed by atoms with E-state index in [2.05, 4.69) is 9.97 Å². The Morgan fingerprint density at radius 3 is 2.68 bits per heavy atom. The Labute approximate surface area is 127 Å². The molecule has 0 fully saturated rings. The van der Waals surface area contributed by atoms with Crippen molar-refractivity contribution in [3.05, 3.63) is 45.0 Å². The van der Waals surface area contributed by atoms with Crippen LogP contribution in [0.4, 0.5) is 0 Å². The van der Waals surface area contributed by atoms with Crippen LogP contribution in [0.3, 0.4) is 0 Å². The van der Waals surface area contributed by atoms with Crippen molar-refractivity contribution in [1.29, 1.82) is 0 Å². The second kappa shape index (κ2) is 5.13. The lowest BCUT2D eigenvalue weighted by atomic mass is 10.3. The lowest BCUT2D eigenvalue weighted by Gasteiger charge is -2.07. The van der Waals surface area contributed by atoms with Gasteiger partial charge in [0.15, 0.2) is 0 Å². The Balaban J connectivity index is 2.07. The summed E-state index contributed by atoms with van der Waals surface area (Å²) >= 11 is 19.2. The molecule has 2 heterocycles. The number of aromatic nitrogens is 2. The molecule has 0 saturated carbocycles. The quantitative estimate of drug-likeness (QED) is 0.586. The average molecular weight is 332 g/mol. The van der Waals surface area contributed by atoms with Gasteiger partial charge in [0, 0.05) is 5.02 Å². The molecule has 19 heavy (non-hydrogen) atoms. The summed E-state index contributed by atoms with van der Waals surface area (Å²) in [7, 11) is 0. The minimum Gasteiger partial charge on any atom is -0.437 e. The predicted molar refractivity (Wildman–Crippen MR) is 79.0 cm³/mol. The largest absolute Gasteiger partial charge is 0.437 e. The highest BCUT2D eigenvalue weighted by atomic mass is 35.5. The van der Waals surface area contributed by atoms with Crippen LogP contribution in [0.1, 0.15) is 0 Å². The number of ether oxygens (including phenoxy) is 1. The Hall–Kier alpha value is -1.07. The molecule has 0 aliphatic heterocycles. The van der Waals surface area contributed by atoms with E-state index in [1.807, 2.05) is 11.4 Å². The standard InChI is InChI=1S/C12H5Cl3N2OS/c13-6-1-2-9(8(14)5-6)18-10-7-3-4-19-11(7)17-12(15)16-10/h1-5H. The fraction of sp³-hybridized carbons (Fsp3) is 0. The number of thiophene rings is 1. The average Bonchev–Trinajstić information content (AvgIpc) is 2.80. The monoisotopic (exact) mass is 330 g/mol. The van der Waals surface area contributed by atoms with E-state index in [9.17, 15) is 0 Å². The van der Waals surface area contributed by atoms with Crippen LogP contribution in [-0.2, 0) is 0 Å². The topological polar surface area (TPSA) is 35.0 Å². The van der Waals surface area contributed by atoms with E-state index >= 15 is 0 Å². The summed E-state index contributed by atoms with van der Waals surface area (Å²) in [5.41, 5.74) is 0. The van der Waals surface area contributed by atoms with Crippen LogP contribution < -0.4 is 4.74 Å². The van der Waals surface area contributed by atoms with Crippen LogP contribution in [0.15, 0.2) is 29.6 Å². The summed E-state index contributed by atoms with van der Waals surface area (Å²) in [5, 5.41) is 3.77. The summed E-state index contributed by atoms with van der Waals surface area (Å²) in [4.78, 5) is 8.96. The van der Waals surface area contributed by atoms with Crippen molar-refractivity contribution in [1.82, 2.24) is 9.97 Å². The van der Waals surface area contributed by atoms with Gasteiger partial charge in [-0.15, -0.1) is 11.3 Å². The first-order valence-electron chi connectivity index (χ1n) is 5.17. The number of halogens is 3. The molecule has 0 unspecified atom stereocenters. The van der Waals surface area contributed by atoms with Gasteiger partial charge in [-0.05, 0) is 41.2 Å². The minimum atomic E-state index is 0.134. The zero-order valence-corrected chi connectivity index (χ0v) is 12.3. The van der Waals surface area contributed by atoms with Crippen molar-refractivity contribution in [2.75, 3.05) is 0 Å². The third-order valence-electron chi connectivity index (χ3n) is 2.36. The maximum absolute atomic E-state index is 6.06. The molecule has 0 aliphatic rings. The SMILES string of the molecule is Clc1ccc(Oc2nc(Cl)nc3sccc23)c(Cl)c1. The minimum absolute atomic E-state index is 0.134. The van der Waals surface area contributed by atoms with Gasteiger partial charge in [0.25, 0.3) is 0 Å². The highest BCUT2D eigenvalue weighted by molar-refractivity contribution is 7.16. The number of fused-ring (bicyclic) bond motifs is 1. The predicted octanol–water partition coefficient (Wildman–Crippen LogP) is 5.44. The van der Waals surface area contributed by atoms with Crippen molar-refractivity contribution in [3.63, 3.8) is 0 Å². The number of hydrogen-bond donors (Lipinski definition) is 0. The van der Waals surface area contributed by atoms with E-state index in [1.165, 1.54) is 11.3 Å². The summed E-state index contributed by atoms with van der Waals surface area (Å²) < 4.78 is 5.70. The third kappa shape index (κ3) is 2.62. The van der Waals surface area contributed by atoms with Gasteiger partial charge in [-0.2, -0.15) is 4.98 Å². The van der Waals surface area contributed by atoms with E-state index in [4.69, 9.17) is 39.5 Å². The van der Waals surface area contributed by atoms with Crippen molar-refractivity contribution in [2.24, 2.45) is 0 Å². The summed E-state index contributed by atoms with van der Waals surface area (Å²) in [5.74, 6) is 0.841. The van der Waals surface area contributed by atoms with Gasteiger partial charge < -0.3 is 4.74 Å². The van der Waals surface area contributed by atoms with Gasteiger partial charge >= 0.3 is 0 Å². The first-order valence-corrected chi connectivity index (χ1v) is 7.18. The number of hydrogen-bond acceptors (Lipinski definition) is 4. The van der Waals surface area contributed by atoms with Crippen LogP contribution in [0.25, 0.3) is 10.2 Å². The lowest BCUT2D eigenvalue weighted by Crippen LogP contribution is -1.91. The van der Waals surface area contributed by atoms with Crippen molar-refractivity contribution >= 4 is 56.4 Å². The molecule has 3 nitrogen and oxygen atoms in total. The Morgan fingerprint density at radius 2 is 1.89 bits per heavy atom. The van der Waals surface area contributed by atoms with E-state index in [-0.39, 0.29) is 5.28 Å². The van der Waals surface area contributed by atoms with Crippen molar-refractivity contribution in [2.45, 2.75) is 0 Å². The van der Waals surface area contributed by atoms with Crippen molar-refractivity contribution < 1.29 is 4.74 Å². The van der Waals surface area contributed by atoms with Gasteiger partial charge in [-0.1, -0.05) is 23.2 Å². The van der Waals surface area contributed by atoms with E-state index in [0.29, 0.717) is 21.7 Å². The normalized spacial score (nSPS) is 10.9. The molecular weight excluding hydrogens is 327 g/mol. The molecule has 7 heteroatoms. The highest BCUT2D eigenvalue weighted by Gasteiger charge is 2.12. The molecule has 0 bridgehead atoms. The van der Waals surface area contributed by atoms with E-state index in [1.54, 1.807) is 18.2 Å². The maximum Gasteiger partial charge on any atom is 0.232 e. The maximum atomic E-state index is 6.06. The van der Waals surface area contributed by atoms with Crippen LogP contribution >= 0.6 is 46.1 Å². The zero-order valence-electron chi connectivity index (χ0n) is 9.23. The molecule has 1 aromatic carbocycles. The zero-order chi connectivity index (χ0) is 13.4. The van der Waals surface area contributed by atoms with Crippen LogP contribution in [0.5, 0.6) is 11.6 Å². The first kappa shape index (κ1) is 12.9. The molecule has 2 aromatic heterocycles. The molecule has 0 aliphatic carbocycles. The second-order valence-corrected chi connectivity index (χ2v) is 5.69. The second-order valence-electron chi connectivity index (χ2n) is 3.61. The molecule has 0 spiro atoms. The van der Waals surface area contributed by atoms with E-state index in [0.717, 1.165) is 10.2 Å². The van der Waals surface area contributed by atoms with Gasteiger partial charge in [0.2, 0.25) is 11.2 Å². The van der Waals surface area contributed by atoms with Gasteiger partial charge in [-0.25, -0.2) is 4.98 Å². The van der Waals surface area contributed by atoms with E-state index < -0.39 is 0 Å². The molecule has 0 radical (unpaired) electrons. The molecule has 3 aromatic rings. The number of rotatable bonds is 2.